The maximum atomic E-state index is 6.29. The minimum atomic E-state index is 0.854. The number of aromatic nitrogens is 3. The Labute approximate surface area is 167 Å². The van der Waals surface area contributed by atoms with Gasteiger partial charge in [-0.05, 0) is 37.3 Å². The molecule has 3 aromatic heterocycles. The number of furan rings is 1. The highest BCUT2D eigenvalue weighted by molar-refractivity contribution is 6.09. The highest BCUT2D eigenvalue weighted by atomic mass is 16.3. The van der Waals surface area contributed by atoms with Crippen LogP contribution < -0.4 is 0 Å². The standard InChI is InChI=1S/C25H17N3O/c1-16-23-21(14-15-26-16)28(17-8-3-2-4-9-17)25(27-23)20-12-7-11-19-18-10-5-6-13-22(18)29-24(19)20/h2-15H,1H3. The number of pyridine rings is 1. The van der Waals surface area contributed by atoms with Gasteiger partial charge < -0.3 is 4.42 Å². The van der Waals surface area contributed by atoms with E-state index in [1.165, 1.54) is 0 Å². The van der Waals surface area contributed by atoms with Crippen LogP contribution in [0.5, 0.6) is 0 Å². The van der Waals surface area contributed by atoms with Gasteiger partial charge in [0.1, 0.15) is 22.5 Å². The fourth-order valence-corrected chi connectivity index (χ4v) is 4.08. The quantitative estimate of drug-likeness (QED) is 0.357. The van der Waals surface area contributed by atoms with E-state index in [-0.39, 0.29) is 0 Å². The number of rotatable bonds is 2. The van der Waals surface area contributed by atoms with E-state index in [0.717, 1.165) is 55.7 Å². The molecule has 0 N–H and O–H groups in total. The SMILES string of the molecule is Cc1nccc2c1nc(-c1cccc3c1oc1ccccc13)n2-c1ccccc1. The van der Waals surface area contributed by atoms with Gasteiger partial charge in [0, 0.05) is 22.7 Å². The van der Waals surface area contributed by atoms with E-state index in [4.69, 9.17) is 9.40 Å². The summed E-state index contributed by atoms with van der Waals surface area (Å²) in [6, 6.07) is 26.7. The molecule has 0 aliphatic rings. The van der Waals surface area contributed by atoms with Crippen LogP contribution >= 0.6 is 0 Å². The van der Waals surface area contributed by atoms with Crippen molar-refractivity contribution < 1.29 is 4.42 Å². The fraction of sp³-hybridized carbons (Fsp3) is 0.0400. The lowest BCUT2D eigenvalue weighted by molar-refractivity contribution is 0.669. The number of benzene rings is 3. The molecule has 0 amide bonds. The van der Waals surface area contributed by atoms with Gasteiger partial charge in [-0.15, -0.1) is 0 Å². The van der Waals surface area contributed by atoms with Gasteiger partial charge in [-0.1, -0.05) is 48.5 Å². The zero-order chi connectivity index (χ0) is 19.4. The van der Waals surface area contributed by atoms with Gasteiger partial charge in [0.15, 0.2) is 0 Å². The molecule has 0 radical (unpaired) electrons. The maximum absolute atomic E-state index is 6.29. The molecular weight excluding hydrogens is 358 g/mol. The molecule has 0 aliphatic carbocycles. The lowest BCUT2D eigenvalue weighted by Gasteiger charge is -2.09. The Morgan fingerprint density at radius 1 is 0.793 bits per heavy atom. The second kappa shape index (κ2) is 6.04. The summed E-state index contributed by atoms with van der Waals surface area (Å²) in [6.45, 7) is 2.00. The summed E-state index contributed by atoms with van der Waals surface area (Å²) in [4.78, 5) is 9.47. The summed E-state index contributed by atoms with van der Waals surface area (Å²) in [6.07, 6.45) is 1.84. The van der Waals surface area contributed by atoms with Crippen molar-refractivity contribution >= 4 is 33.0 Å². The highest BCUT2D eigenvalue weighted by Crippen LogP contribution is 2.37. The highest BCUT2D eigenvalue weighted by Gasteiger charge is 2.20. The molecule has 138 valence electrons. The van der Waals surface area contributed by atoms with Crippen LogP contribution in [0.4, 0.5) is 0 Å². The van der Waals surface area contributed by atoms with Gasteiger partial charge in [-0.25, -0.2) is 4.98 Å². The van der Waals surface area contributed by atoms with E-state index < -0.39 is 0 Å². The van der Waals surface area contributed by atoms with Crippen molar-refractivity contribution in [1.29, 1.82) is 0 Å². The Kier molecular flexibility index (Phi) is 3.35. The van der Waals surface area contributed by atoms with Crippen molar-refractivity contribution in [3.05, 3.63) is 90.8 Å². The lowest BCUT2D eigenvalue weighted by Crippen LogP contribution is -1.97. The average Bonchev–Trinajstić information content (AvgIpc) is 3.34. The summed E-state index contributed by atoms with van der Waals surface area (Å²) < 4.78 is 8.47. The van der Waals surface area contributed by atoms with Crippen LogP contribution in [0.3, 0.4) is 0 Å². The molecule has 4 nitrogen and oxygen atoms in total. The normalized spacial score (nSPS) is 11.6. The largest absolute Gasteiger partial charge is 0.455 e. The minimum absolute atomic E-state index is 0.854. The number of nitrogens with zero attached hydrogens (tertiary/aromatic N) is 3. The molecule has 0 unspecified atom stereocenters. The number of para-hydroxylation sites is 3. The molecule has 0 atom stereocenters. The third kappa shape index (κ3) is 2.32. The molecule has 0 saturated carbocycles. The fourth-order valence-electron chi connectivity index (χ4n) is 4.08. The molecule has 4 heteroatoms. The monoisotopic (exact) mass is 375 g/mol. The summed E-state index contributed by atoms with van der Waals surface area (Å²) in [5, 5.41) is 2.21. The molecule has 29 heavy (non-hydrogen) atoms. The number of fused-ring (bicyclic) bond motifs is 4. The molecule has 0 fully saturated rings. The van der Waals surface area contributed by atoms with E-state index in [1.807, 2.05) is 55.6 Å². The predicted molar refractivity (Wildman–Crippen MR) is 116 cm³/mol. The molecular formula is C25H17N3O. The average molecular weight is 375 g/mol. The van der Waals surface area contributed by atoms with E-state index in [2.05, 4.69) is 45.9 Å². The summed E-state index contributed by atoms with van der Waals surface area (Å²) in [5.41, 5.74) is 6.62. The molecule has 6 aromatic rings. The second-order valence-corrected chi connectivity index (χ2v) is 7.15. The molecule has 3 aromatic carbocycles. The Bertz CT molecular complexity index is 1510. The van der Waals surface area contributed by atoms with E-state index in [9.17, 15) is 0 Å². The first-order valence-electron chi connectivity index (χ1n) is 9.61. The first kappa shape index (κ1) is 16.1. The molecule has 0 spiro atoms. The van der Waals surface area contributed by atoms with Gasteiger partial charge in [0.25, 0.3) is 0 Å². The van der Waals surface area contributed by atoms with Crippen LogP contribution in [-0.2, 0) is 0 Å². The van der Waals surface area contributed by atoms with Gasteiger partial charge in [0.2, 0.25) is 0 Å². The van der Waals surface area contributed by atoms with E-state index in [1.54, 1.807) is 0 Å². The predicted octanol–water partition coefficient (Wildman–Crippen LogP) is 6.30. The Morgan fingerprint density at radius 3 is 2.48 bits per heavy atom. The zero-order valence-electron chi connectivity index (χ0n) is 15.8. The van der Waals surface area contributed by atoms with Gasteiger partial charge >= 0.3 is 0 Å². The first-order valence-corrected chi connectivity index (χ1v) is 9.61. The van der Waals surface area contributed by atoms with Gasteiger partial charge in [-0.3, -0.25) is 9.55 Å². The summed E-state index contributed by atoms with van der Waals surface area (Å²) in [5.74, 6) is 0.854. The van der Waals surface area contributed by atoms with E-state index in [0.29, 0.717) is 0 Å². The zero-order valence-corrected chi connectivity index (χ0v) is 15.8. The van der Waals surface area contributed by atoms with Crippen LogP contribution in [-0.4, -0.2) is 14.5 Å². The van der Waals surface area contributed by atoms with Gasteiger partial charge in [0.05, 0.1) is 16.8 Å². The van der Waals surface area contributed by atoms with Crippen LogP contribution in [0.1, 0.15) is 5.69 Å². The van der Waals surface area contributed by atoms with Crippen molar-refractivity contribution in [3.8, 4) is 17.1 Å². The molecule has 0 bridgehead atoms. The topological polar surface area (TPSA) is 43.9 Å². The van der Waals surface area contributed by atoms with Crippen molar-refractivity contribution in [1.82, 2.24) is 14.5 Å². The molecule has 0 aliphatic heterocycles. The summed E-state index contributed by atoms with van der Waals surface area (Å²) >= 11 is 0. The van der Waals surface area contributed by atoms with Crippen molar-refractivity contribution in [2.24, 2.45) is 0 Å². The second-order valence-electron chi connectivity index (χ2n) is 7.15. The van der Waals surface area contributed by atoms with Crippen LogP contribution in [0.15, 0.2) is 89.5 Å². The number of imidazole rings is 1. The van der Waals surface area contributed by atoms with Crippen LogP contribution in [0.25, 0.3) is 50.0 Å². The Balaban J connectivity index is 1.76. The van der Waals surface area contributed by atoms with Crippen LogP contribution in [0, 0.1) is 6.92 Å². The van der Waals surface area contributed by atoms with Gasteiger partial charge in [-0.2, -0.15) is 0 Å². The van der Waals surface area contributed by atoms with E-state index >= 15 is 0 Å². The number of hydrogen-bond acceptors (Lipinski definition) is 3. The third-order valence-electron chi connectivity index (χ3n) is 5.42. The molecule has 3 heterocycles. The van der Waals surface area contributed by atoms with Crippen molar-refractivity contribution in [2.45, 2.75) is 6.92 Å². The maximum Gasteiger partial charge on any atom is 0.149 e. The van der Waals surface area contributed by atoms with Crippen molar-refractivity contribution in [3.63, 3.8) is 0 Å². The Hall–Kier alpha value is -3.92. The smallest absolute Gasteiger partial charge is 0.149 e. The Morgan fingerprint density at radius 2 is 1.59 bits per heavy atom. The van der Waals surface area contributed by atoms with Crippen LogP contribution in [0.2, 0.25) is 0 Å². The summed E-state index contributed by atoms with van der Waals surface area (Å²) in [7, 11) is 0. The van der Waals surface area contributed by atoms with Crippen molar-refractivity contribution in [2.75, 3.05) is 0 Å². The number of aryl methyl sites for hydroxylation is 1. The minimum Gasteiger partial charge on any atom is -0.455 e. The third-order valence-corrected chi connectivity index (χ3v) is 5.42. The lowest BCUT2D eigenvalue weighted by atomic mass is 10.1. The first-order chi connectivity index (χ1) is 14.3. The molecule has 0 saturated heterocycles. The number of hydrogen-bond donors (Lipinski definition) is 0. The molecule has 6 rings (SSSR count).